The van der Waals surface area contributed by atoms with Gasteiger partial charge in [0.05, 0.1) is 25.1 Å². The highest BCUT2D eigenvalue weighted by molar-refractivity contribution is 7.87. The first-order valence-corrected chi connectivity index (χ1v) is 13.2. The van der Waals surface area contributed by atoms with Crippen LogP contribution in [0.5, 0.6) is 5.75 Å². The molecule has 0 saturated carbocycles. The number of hydrogen-bond acceptors (Lipinski definition) is 6. The summed E-state index contributed by atoms with van der Waals surface area (Å²) in [6.45, 7) is 6.96. The van der Waals surface area contributed by atoms with Crippen LogP contribution in [0.2, 0.25) is 25.7 Å². The molecule has 0 amide bonds. The van der Waals surface area contributed by atoms with E-state index in [1.54, 1.807) is 4.68 Å². The Balaban J connectivity index is 1.90. The van der Waals surface area contributed by atoms with E-state index in [4.69, 9.17) is 9.47 Å². The lowest BCUT2D eigenvalue weighted by Gasteiger charge is -2.23. The second kappa shape index (κ2) is 7.86. The van der Waals surface area contributed by atoms with Crippen molar-refractivity contribution < 1.29 is 35.2 Å². The summed E-state index contributed by atoms with van der Waals surface area (Å²) in [5.41, 5.74) is -4.78. The van der Waals surface area contributed by atoms with E-state index in [2.05, 4.69) is 28.9 Å². The molecule has 1 aliphatic heterocycles. The zero-order valence-electron chi connectivity index (χ0n) is 14.9. The number of fused-ring (bicyclic) bond motifs is 1. The molecule has 0 saturated heterocycles. The summed E-state index contributed by atoms with van der Waals surface area (Å²) in [6.07, 6.45) is 1.81. The number of aromatic nitrogens is 2. The van der Waals surface area contributed by atoms with Crippen molar-refractivity contribution in [2.45, 2.75) is 44.3 Å². The van der Waals surface area contributed by atoms with Gasteiger partial charge in [0.1, 0.15) is 6.73 Å². The van der Waals surface area contributed by atoms with Gasteiger partial charge in [-0.05, 0) is 6.04 Å². The smallest absolute Gasteiger partial charge is 0.490 e. The topological polar surface area (TPSA) is 79.7 Å². The molecule has 26 heavy (non-hydrogen) atoms. The summed E-state index contributed by atoms with van der Waals surface area (Å²) in [4.78, 5) is 0. The highest BCUT2D eigenvalue weighted by Crippen LogP contribution is 2.29. The van der Waals surface area contributed by atoms with Crippen LogP contribution in [0.1, 0.15) is 5.69 Å². The third kappa shape index (κ3) is 5.69. The monoisotopic (exact) mass is 416 g/mol. The normalized spacial score (nSPS) is 18.5. The van der Waals surface area contributed by atoms with E-state index < -0.39 is 36.2 Å². The Morgan fingerprint density at radius 1 is 1.38 bits per heavy atom. The van der Waals surface area contributed by atoms with Gasteiger partial charge in [-0.3, -0.25) is 4.18 Å². The Morgan fingerprint density at radius 3 is 2.69 bits per heavy atom. The third-order valence-electron chi connectivity index (χ3n) is 3.82. The Bertz CT molecular complexity index is 715. The minimum absolute atomic E-state index is 0.0581. The summed E-state index contributed by atoms with van der Waals surface area (Å²) < 4.78 is 75.7. The van der Waals surface area contributed by atoms with Gasteiger partial charge < -0.3 is 9.47 Å². The Morgan fingerprint density at radius 2 is 2.08 bits per heavy atom. The van der Waals surface area contributed by atoms with Gasteiger partial charge in [-0.1, -0.05) is 19.6 Å². The van der Waals surface area contributed by atoms with E-state index in [9.17, 15) is 21.6 Å². The SMILES string of the molecule is C[Si](C)(C)CCOCn1ncc2c1CC(COS(=O)(=O)C(F)(F)F)CO2. The third-order valence-corrected chi connectivity index (χ3v) is 6.54. The van der Waals surface area contributed by atoms with E-state index in [1.165, 1.54) is 6.20 Å². The highest BCUT2D eigenvalue weighted by atomic mass is 32.2. The summed E-state index contributed by atoms with van der Waals surface area (Å²) >= 11 is 0. The maximum absolute atomic E-state index is 12.3. The molecule has 2 rings (SSSR count). The van der Waals surface area contributed by atoms with Crippen LogP contribution in [-0.2, 0) is 32.2 Å². The molecule has 0 bridgehead atoms. The molecular weight excluding hydrogens is 393 g/mol. The lowest BCUT2D eigenvalue weighted by molar-refractivity contribution is -0.0555. The summed E-state index contributed by atoms with van der Waals surface area (Å²) in [5.74, 6) is -0.00853. The molecule has 150 valence electrons. The first kappa shape index (κ1) is 21.2. The second-order valence-corrected chi connectivity index (χ2v) is 14.6. The molecule has 0 aliphatic carbocycles. The van der Waals surface area contributed by atoms with Gasteiger partial charge in [0.2, 0.25) is 0 Å². The van der Waals surface area contributed by atoms with E-state index in [1.807, 2.05) is 0 Å². The van der Waals surface area contributed by atoms with Crippen LogP contribution in [-0.4, -0.2) is 51.6 Å². The summed E-state index contributed by atoms with van der Waals surface area (Å²) in [6, 6.07) is 0.999. The molecule has 1 aliphatic rings. The molecule has 0 fully saturated rings. The van der Waals surface area contributed by atoms with Crippen molar-refractivity contribution >= 4 is 18.2 Å². The van der Waals surface area contributed by atoms with Gasteiger partial charge in [0.25, 0.3) is 0 Å². The summed E-state index contributed by atoms with van der Waals surface area (Å²) in [7, 11) is -6.81. The maximum atomic E-state index is 12.3. The lowest BCUT2D eigenvalue weighted by Crippen LogP contribution is -2.31. The predicted octanol–water partition coefficient (Wildman–Crippen LogP) is 2.61. The number of hydrogen-bond donors (Lipinski definition) is 0. The standard InChI is InChI=1S/C14H23F3N2O5SSi/c1-26(2,3)5-4-22-10-19-12-6-11(8-23-13(12)7-18-19)9-24-25(20,21)14(15,16)17/h7,11H,4-6,8-10H2,1-3H3. The van der Waals surface area contributed by atoms with Crippen molar-refractivity contribution in [1.82, 2.24) is 9.78 Å². The molecule has 1 aromatic rings. The van der Waals surface area contributed by atoms with Gasteiger partial charge >= 0.3 is 15.6 Å². The van der Waals surface area contributed by atoms with E-state index in [0.717, 1.165) is 6.04 Å². The fourth-order valence-corrected chi connectivity index (χ4v) is 3.52. The molecule has 0 N–H and O–H groups in total. The van der Waals surface area contributed by atoms with Crippen LogP contribution >= 0.6 is 0 Å². The van der Waals surface area contributed by atoms with Crippen LogP contribution in [0.4, 0.5) is 13.2 Å². The first-order chi connectivity index (χ1) is 11.9. The Kier molecular flexibility index (Phi) is 6.41. The van der Waals surface area contributed by atoms with Gasteiger partial charge in [-0.25, -0.2) is 4.68 Å². The van der Waals surface area contributed by atoms with E-state index in [0.29, 0.717) is 24.5 Å². The fourth-order valence-electron chi connectivity index (χ4n) is 2.26. The van der Waals surface area contributed by atoms with Crippen LogP contribution < -0.4 is 4.74 Å². The van der Waals surface area contributed by atoms with Crippen molar-refractivity contribution in [2.24, 2.45) is 5.92 Å². The lowest BCUT2D eigenvalue weighted by atomic mass is 10.0. The minimum atomic E-state index is -5.60. The molecule has 2 heterocycles. The molecule has 1 aromatic heterocycles. The maximum Gasteiger partial charge on any atom is 0.523 e. The first-order valence-electron chi connectivity index (χ1n) is 8.10. The largest absolute Gasteiger partial charge is 0.523 e. The van der Waals surface area contributed by atoms with Gasteiger partial charge in [0.15, 0.2) is 5.75 Å². The molecule has 7 nitrogen and oxygen atoms in total. The van der Waals surface area contributed by atoms with Crippen molar-refractivity contribution in [1.29, 1.82) is 0 Å². The van der Waals surface area contributed by atoms with Gasteiger partial charge in [0, 0.05) is 27.0 Å². The van der Waals surface area contributed by atoms with Crippen molar-refractivity contribution in [3.8, 4) is 5.75 Å². The Hall–Kier alpha value is -1.11. The predicted molar refractivity (Wildman–Crippen MR) is 89.9 cm³/mol. The quantitative estimate of drug-likeness (QED) is 0.281. The van der Waals surface area contributed by atoms with Gasteiger partial charge in [-0.15, -0.1) is 0 Å². The number of halogens is 3. The molecular formula is C14H23F3N2O5SSi. The molecule has 0 spiro atoms. The van der Waals surface area contributed by atoms with Crippen LogP contribution in [0, 0.1) is 5.92 Å². The number of ether oxygens (including phenoxy) is 2. The molecule has 0 aromatic carbocycles. The molecule has 1 unspecified atom stereocenters. The van der Waals surface area contributed by atoms with Crippen LogP contribution in [0.15, 0.2) is 6.20 Å². The zero-order chi connectivity index (χ0) is 19.6. The van der Waals surface area contributed by atoms with E-state index >= 15 is 0 Å². The van der Waals surface area contributed by atoms with Crippen molar-refractivity contribution in [3.05, 3.63) is 11.9 Å². The average molecular weight is 416 g/mol. The highest BCUT2D eigenvalue weighted by Gasteiger charge is 2.47. The van der Waals surface area contributed by atoms with Crippen LogP contribution in [0.3, 0.4) is 0 Å². The second-order valence-electron chi connectivity index (χ2n) is 7.37. The zero-order valence-corrected chi connectivity index (χ0v) is 16.7. The number of alkyl halides is 3. The molecule has 12 heteroatoms. The minimum Gasteiger partial charge on any atom is -0.490 e. The number of rotatable bonds is 8. The molecule has 1 atom stereocenters. The van der Waals surface area contributed by atoms with Crippen molar-refractivity contribution in [2.75, 3.05) is 19.8 Å². The molecule has 0 radical (unpaired) electrons. The van der Waals surface area contributed by atoms with Crippen molar-refractivity contribution in [3.63, 3.8) is 0 Å². The summed E-state index contributed by atoms with van der Waals surface area (Å²) in [5, 5.41) is 4.15. The number of nitrogens with zero attached hydrogens (tertiary/aromatic N) is 2. The average Bonchev–Trinajstić information content (AvgIpc) is 2.90. The van der Waals surface area contributed by atoms with Crippen LogP contribution in [0.25, 0.3) is 0 Å². The van der Waals surface area contributed by atoms with E-state index in [-0.39, 0.29) is 13.3 Å². The van der Waals surface area contributed by atoms with Gasteiger partial charge in [-0.2, -0.15) is 26.7 Å². The Labute approximate surface area is 151 Å². The fraction of sp³-hybridized carbons (Fsp3) is 0.786.